The topological polar surface area (TPSA) is 50.7 Å². The maximum Gasteiger partial charge on any atom is 0.387 e. The van der Waals surface area contributed by atoms with Crippen LogP contribution in [-0.4, -0.2) is 18.7 Å². The Kier molecular flexibility index (Phi) is 5.60. The molecular weight excluding hydrogens is 358 g/mol. The molecule has 0 saturated carbocycles. The molecule has 0 aromatic heterocycles. The fraction of sp³-hybridized carbons (Fsp3) is 0.0667. The quantitative estimate of drug-likeness (QED) is 0.644. The summed E-state index contributed by atoms with van der Waals surface area (Å²) in [5.74, 6) is -0.421. The minimum atomic E-state index is -2.92. The van der Waals surface area contributed by atoms with Crippen LogP contribution in [0.1, 0.15) is 15.9 Å². The smallest absolute Gasteiger partial charge is 0.387 e. The lowest BCUT2D eigenvalue weighted by atomic mass is 10.2. The molecule has 2 aromatic carbocycles. The highest BCUT2D eigenvalue weighted by Gasteiger charge is 2.08. The van der Waals surface area contributed by atoms with E-state index in [1.165, 1.54) is 12.3 Å². The number of nitrogens with zero attached hydrogens (tertiary/aromatic N) is 1. The van der Waals surface area contributed by atoms with Crippen molar-refractivity contribution in [3.05, 3.63) is 64.1 Å². The van der Waals surface area contributed by atoms with Gasteiger partial charge in [-0.2, -0.15) is 13.9 Å². The Labute approximate surface area is 133 Å². The molecular formula is C15H11BrF2N2O2. The lowest BCUT2D eigenvalue weighted by Gasteiger charge is -2.06. The van der Waals surface area contributed by atoms with Crippen LogP contribution in [0, 0.1) is 0 Å². The first kappa shape index (κ1) is 16.1. The Hall–Kier alpha value is -2.28. The van der Waals surface area contributed by atoms with Gasteiger partial charge in [0.15, 0.2) is 0 Å². The molecule has 114 valence electrons. The van der Waals surface area contributed by atoms with Crippen LogP contribution < -0.4 is 10.2 Å². The fourth-order valence-electron chi connectivity index (χ4n) is 1.62. The summed E-state index contributed by atoms with van der Waals surface area (Å²) in [6.45, 7) is -2.92. The van der Waals surface area contributed by atoms with E-state index < -0.39 is 12.5 Å². The van der Waals surface area contributed by atoms with E-state index in [0.29, 0.717) is 11.1 Å². The molecule has 7 heteroatoms. The number of hydrogen-bond acceptors (Lipinski definition) is 3. The van der Waals surface area contributed by atoms with Crippen LogP contribution in [0.2, 0.25) is 0 Å². The molecule has 0 saturated heterocycles. The van der Waals surface area contributed by atoms with Crippen molar-refractivity contribution in [2.75, 3.05) is 0 Å². The Morgan fingerprint density at radius 3 is 2.55 bits per heavy atom. The summed E-state index contributed by atoms with van der Waals surface area (Å²) in [6, 6.07) is 12.9. The second-order valence-electron chi connectivity index (χ2n) is 4.12. The molecule has 4 nitrogen and oxygen atoms in total. The van der Waals surface area contributed by atoms with E-state index >= 15 is 0 Å². The van der Waals surface area contributed by atoms with Gasteiger partial charge >= 0.3 is 6.61 Å². The summed E-state index contributed by atoms with van der Waals surface area (Å²) >= 11 is 3.27. The number of amides is 1. The Balaban J connectivity index is 2.03. The Bertz CT molecular complexity index is 675. The van der Waals surface area contributed by atoms with Gasteiger partial charge in [-0.15, -0.1) is 0 Å². The standard InChI is InChI=1S/C15H11BrF2N2O2/c16-12-7-5-10(6-8-12)14(21)20-19-9-11-3-1-2-4-13(11)22-15(17)18/h1-9,15H,(H,20,21)/b19-9-. The molecule has 2 aromatic rings. The zero-order valence-electron chi connectivity index (χ0n) is 11.2. The van der Waals surface area contributed by atoms with Gasteiger partial charge < -0.3 is 4.74 Å². The number of benzene rings is 2. The summed E-state index contributed by atoms with van der Waals surface area (Å²) in [5, 5.41) is 3.75. The molecule has 0 aliphatic rings. The first-order chi connectivity index (χ1) is 10.6. The maximum absolute atomic E-state index is 12.3. The van der Waals surface area contributed by atoms with E-state index in [1.54, 1.807) is 42.5 Å². The predicted molar refractivity (Wildman–Crippen MR) is 82.3 cm³/mol. The highest BCUT2D eigenvalue weighted by atomic mass is 79.9. The molecule has 0 unspecified atom stereocenters. The van der Waals surface area contributed by atoms with E-state index in [2.05, 4.69) is 31.2 Å². The number of para-hydroxylation sites is 1. The van der Waals surface area contributed by atoms with Crippen LogP contribution >= 0.6 is 15.9 Å². The largest absolute Gasteiger partial charge is 0.434 e. The zero-order valence-corrected chi connectivity index (χ0v) is 12.8. The normalized spacial score (nSPS) is 10.9. The SMILES string of the molecule is O=C(N/N=C\c1ccccc1OC(F)F)c1ccc(Br)cc1. The number of hydrazone groups is 1. The van der Waals surface area contributed by atoms with E-state index in [9.17, 15) is 13.6 Å². The maximum atomic E-state index is 12.3. The molecule has 0 radical (unpaired) electrons. The molecule has 22 heavy (non-hydrogen) atoms. The van der Waals surface area contributed by atoms with E-state index in [0.717, 1.165) is 4.47 Å². The molecule has 0 bridgehead atoms. The average Bonchev–Trinajstić information content (AvgIpc) is 2.49. The molecule has 0 fully saturated rings. The fourth-order valence-corrected chi connectivity index (χ4v) is 1.88. The number of halogens is 3. The van der Waals surface area contributed by atoms with Crippen molar-refractivity contribution in [1.82, 2.24) is 5.43 Å². The lowest BCUT2D eigenvalue weighted by Crippen LogP contribution is -2.17. The number of carbonyl (C=O) groups excluding carboxylic acids is 1. The van der Waals surface area contributed by atoms with Gasteiger partial charge in [0.1, 0.15) is 5.75 Å². The van der Waals surface area contributed by atoms with Crippen LogP contribution in [0.4, 0.5) is 8.78 Å². The van der Waals surface area contributed by atoms with Gasteiger partial charge in [0.25, 0.3) is 5.91 Å². The third-order valence-corrected chi connectivity index (χ3v) is 3.14. The summed E-state index contributed by atoms with van der Waals surface area (Å²) in [5.41, 5.74) is 3.08. The molecule has 2 rings (SSSR count). The van der Waals surface area contributed by atoms with Crippen molar-refractivity contribution in [3.63, 3.8) is 0 Å². The minimum Gasteiger partial charge on any atom is -0.434 e. The molecule has 1 N–H and O–H groups in total. The van der Waals surface area contributed by atoms with Crippen molar-refractivity contribution in [1.29, 1.82) is 0 Å². The van der Waals surface area contributed by atoms with Crippen LogP contribution in [0.25, 0.3) is 0 Å². The monoisotopic (exact) mass is 368 g/mol. The van der Waals surface area contributed by atoms with Crippen LogP contribution in [-0.2, 0) is 0 Å². The van der Waals surface area contributed by atoms with Crippen LogP contribution in [0.3, 0.4) is 0 Å². The molecule has 1 amide bonds. The van der Waals surface area contributed by atoms with Crippen molar-refractivity contribution < 1.29 is 18.3 Å². The van der Waals surface area contributed by atoms with Crippen molar-refractivity contribution in [2.24, 2.45) is 5.10 Å². The Morgan fingerprint density at radius 2 is 1.86 bits per heavy atom. The molecule has 0 aliphatic heterocycles. The van der Waals surface area contributed by atoms with Gasteiger partial charge in [-0.25, -0.2) is 5.43 Å². The van der Waals surface area contributed by atoms with E-state index in [-0.39, 0.29) is 5.75 Å². The summed E-state index contributed by atoms with van der Waals surface area (Å²) in [4.78, 5) is 11.8. The van der Waals surface area contributed by atoms with E-state index in [1.807, 2.05) is 0 Å². The zero-order chi connectivity index (χ0) is 15.9. The highest BCUT2D eigenvalue weighted by Crippen LogP contribution is 2.18. The number of ether oxygens (including phenoxy) is 1. The van der Waals surface area contributed by atoms with Crippen LogP contribution in [0.15, 0.2) is 58.1 Å². The number of alkyl halides is 2. The van der Waals surface area contributed by atoms with Crippen molar-refractivity contribution >= 4 is 28.1 Å². The lowest BCUT2D eigenvalue weighted by molar-refractivity contribution is -0.0499. The minimum absolute atomic E-state index is 0.0147. The van der Waals surface area contributed by atoms with E-state index in [4.69, 9.17) is 0 Å². The number of rotatable bonds is 5. The summed E-state index contributed by atoms with van der Waals surface area (Å²) in [7, 11) is 0. The van der Waals surface area contributed by atoms with Crippen LogP contribution in [0.5, 0.6) is 5.75 Å². The molecule has 0 spiro atoms. The Morgan fingerprint density at radius 1 is 1.18 bits per heavy atom. The van der Waals surface area contributed by atoms with Gasteiger partial charge in [0, 0.05) is 15.6 Å². The second-order valence-corrected chi connectivity index (χ2v) is 5.04. The number of nitrogens with one attached hydrogen (secondary N) is 1. The first-order valence-corrected chi connectivity index (χ1v) is 6.98. The third kappa shape index (κ3) is 4.63. The van der Waals surface area contributed by atoms with Crippen molar-refractivity contribution in [3.8, 4) is 5.75 Å². The first-order valence-electron chi connectivity index (χ1n) is 6.19. The predicted octanol–water partition coefficient (Wildman–Crippen LogP) is 3.81. The number of hydrogen-bond donors (Lipinski definition) is 1. The van der Waals surface area contributed by atoms with Crippen molar-refractivity contribution in [2.45, 2.75) is 6.61 Å². The van der Waals surface area contributed by atoms with Gasteiger partial charge in [0.2, 0.25) is 0 Å². The summed E-state index contributed by atoms with van der Waals surface area (Å²) < 4.78 is 29.7. The summed E-state index contributed by atoms with van der Waals surface area (Å²) in [6.07, 6.45) is 1.24. The van der Waals surface area contributed by atoms with Gasteiger partial charge in [-0.1, -0.05) is 28.1 Å². The molecule has 0 aliphatic carbocycles. The molecule has 0 heterocycles. The second kappa shape index (κ2) is 7.65. The molecule has 0 atom stereocenters. The van der Waals surface area contributed by atoms with Gasteiger partial charge in [0.05, 0.1) is 6.21 Å². The average molecular weight is 369 g/mol. The van der Waals surface area contributed by atoms with Gasteiger partial charge in [-0.3, -0.25) is 4.79 Å². The number of carbonyl (C=O) groups is 1. The third-order valence-electron chi connectivity index (χ3n) is 2.61. The van der Waals surface area contributed by atoms with Gasteiger partial charge in [-0.05, 0) is 36.4 Å². The highest BCUT2D eigenvalue weighted by molar-refractivity contribution is 9.10.